The first-order valence-corrected chi connectivity index (χ1v) is 7.63. The predicted molar refractivity (Wildman–Crippen MR) is 83.2 cm³/mol. The van der Waals surface area contributed by atoms with Gasteiger partial charge in [-0.3, -0.25) is 0 Å². The monoisotopic (exact) mass is 340 g/mol. The molecule has 1 N–H and O–H groups in total. The Kier molecular flexibility index (Phi) is 4.22. The summed E-state index contributed by atoms with van der Waals surface area (Å²) >= 11 is 11.8. The summed E-state index contributed by atoms with van der Waals surface area (Å²) in [5.74, 6) is 1.03. The highest BCUT2D eigenvalue weighted by atomic mass is 35.5. The number of likely N-dealkylation sites (tertiary alicyclic amines) is 1. The van der Waals surface area contributed by atoms with Crippen molar-refractivity contribution < 1.29 is 9.32 Å². The first-order valence-electron chi connectivity index (χ1n) is 6.87. The molecule has 8 heteroatoms. The molecule has 0 aliphatic carbocycles. The van der Waals surface area contributed by atoms with E-state index >= 15 is 0 Å². The minimum absolute atomic E-state index is 0.191. The molecule has 0 bridgehead atoms. The SMILES string of the molecule is Cc1noc(C2CCCN2C(=O)Nc2ccc(Cl)c(Cl)c2)n1. The summed E-state index contributed by atoms with van der Waals surface area (Å²) in [4.78, 5) is 18.4. The summed E-state index contributed by atoms with van der Waals surface area (Å²) in [7, 11) is 0. The summed E-state index contributed by atoms with van der Waals surface area (Å²) in [5, 5.41) is 7.43. The van der Waals surface area contributed by atoms with Gasteiger partial charge in [-0.2, -0.15) is 4.98 Å². The number of rotatable bonds is 2. The molecule has 0 radical (unpaired) electrons. The minimum atomic E-state index is -0.225. The highest BCUT2D eigenvalue weighted by molar-refractivity contribution is 6.42. The van der Waals surface area contributed by atoms with E-state index in [0.29, 0.717) is 34.0 Å². The predicted octanol–water partition coefficient (Wildman–Crippen LogP) is 4.05. The molecule has 2 amide bonds. The van der Waals surface area contributed by atoms with E-state index in [1.165, 1.54) is 0 Å². The Hall–Kier alpha value is -1.79. The van der Waals surface area contributed by atoms with Crippen molar-refractivity contribution in [3.8, 4) is 0 Å². The van der Waals surface area contributed by atoms with E-state index in [-0.39, 0.29) is 12.1 Å². The van der Waals surface area contributed by atoms with Gasteiger partial charge in [-0.1, -0.05) is 28.4 Å². The lowest BCUT2D eigenvalue weighted by Crippen LogP contribution is -2.34. The molecule has 2 heterocycles. The van der Waals surface area contributed by atoms with Gasteiger partial charge in [0.2, 0.25) is 5.89 Å². The van der Waals surface area contributed by atoms with Gasteiger partial charge in [0, 0.05) is 12.2 Å². The highest BCUT2D eigenvalue weighted by Crippen LogP contribution is 2.32. The third-order valence-electron chi connectivity index (χ3n) is 3.51. The van der Waals surface area contributed by atoms with Gasteiger partial charge in [-0.15, -0.1) is 0 Å². The van der Waals surface area contributed by atoms with Crippen LogP contribution in [0.15, 0.2) is 22.7 Å². The Morgan fingerprint density at radius 3 is 2.91 bits per heavy atom. The molecule has 1 saturated heterocycles. The average Bonchev–Trinajstić information content (AvgIpc) is 3.11. The molecule has 22 heavy (non-hydrogen) atoms. The minimum Gasteiger partial charge on any atom is -0.337 e. The molecule has 3 rings (SSSR count). The molecule has 1 aromatic carbocycles. The summed E-state index contributed by atoms with van der Waals surface area (Å²) in [5.41, 5.74) is 0.590. The number of urea groups is 1. The summed E-state index contributed by atoms with van der Waals surface area (Å²) in [6.45, 7) is 2.39. The molecule has 2 aromatic rings. The van der Waals surface area contributed by atoms with Crippen molar-refractivity contribution in [2.24, 2.45) is 0 Å². The Labute approximate surface area is 137 Å². The summed E-state index contributed by atoms with van der Waals surface area (Å²) in [6, 6.07) is 4.54. The maximum absolute atomic E-state index is 12.5. The zero-order valence-corrected chi connectivity index (χ0v) is 13.4. The smallest absolute Gasteiger partial charge is 0.322 e. The van der Waals surface area contributed by atoms with Crippen LogP contribution >= 0.6 is 23.2 Å². The number of hydrogen-bond donors (Lipinski definition) is 1. The molecular weight excluding hydrogens is 327 g/mol. The van der Waals surface area contributed by atoms with Crippen LogP contribution in [-0.2, 0) is 0 Å². The number of nitrogens with one attached hydrogen (secondary N) is 1. The number of benzene rings is 1. The van der Waals surface area contributed by atoms with Crippen LogP contribution in [0.5, 0.6) is 0 Å². The number of halogens is 2. The number of aromatic nitrogens is 2. The van der Waals surface area contributed by atoms with Gasteiger partial charge in [0.25, 0.3) is 0 Å². The van der Waals surface area contributed by atoms with Crippen LogP contribution in [0, 0.1) is 6.92 Å². The van der Waals surface area contributed by atoms with Crippen molar-refractivity contribution in [2.45, 2.75) is 25.8 Å². The lowest BCUT2D eigenvalue weighted by molar-refractivity contribution is 0.193. The summed E-state index contributed by atoms with van der Waals surface area (Å²) in [6.07, 6.45) is 1.69. The zero-order valence-electron chi connectivity index (χ0n) is 11.8. The molecule has 1 aliphatic rings. The van der Waals surface area contributed by atoms with E-state index in [2.05, 4.69) is 15.5 Å². The van der Waals surface area contributed by atoms with Gasteiger partial charge in [0.1, 0.15) is 6.04 Å². The Morgan fingerprint density at radius 2 is 2.23 bits per heavy atom. The van der Waals surface area contributed by atoms with Crippen LogP contribution in [-0.4, -0.2) is 27.6 Å². The molecule has 1 fully saturated rings. The van der Waals surface area contributed by atoms with Crippen LogP contribution in [0.4, 0.5) is 10.5 Å². The Bertz CT molecular complexity index is 704. The largest absolute Gasteiger partial charge is 0.337 e. The topological polar surface area (TPSA) is 71.3 Å². The third-order valence-corrected chi connectivity index (χ3v) is 4.25. The fourth-order valence-corrected chi connectivity index (χ4v) is 2.78. The van der Waals surface area contributed by atoms with E-state index in [1.807, 2.05) is 0 Å². The van der Waals surface area contributed by atoms with Crippen LogP contribution < -0.4 is 5.32 Å². The molecule has 116 valence electrons. The van der Waals surface area contributed by atoms with E-state index in [4.69, 9.17) is 27.7 Å². The molecule has 0 saturated carbocycles. The van der Waals surface area contributed by atoms with Gasteiger partial charge in [0.05, 0.1) is 10.0 Å². The van der Waals surface area contributed by atoms with E-state index in [9.17, 15) is 4.79 Å². The first-order chi connectivity index (χ1) is 10.5. The first kappa shape index (κ1) is 15.1. The van der Waals surface area contributed by atoms with Crippen molar-refractivity contribution in [3.63, 3.8) is 0 Å². The third kappa shape index (κ3) is 3.03. The zero-order chi connectivity index (χ0) is 15.7. The maximum atomic E-state index is 12.5. The number of amides is 2. The number of nitrogens with zero attached hydrogens (tertiary/aromatic N) is 3. The molecule has 1 atom stereocenters. The lowest BCUT2D eigenvalue weighted by Gasteiger charge is -2.22. The quantitative estimate of drug-likeness (QED) is 0.894. The van der Waals surface area contributed by atoms with Crippen molar-refractivity contribution in [1.29, 1.82) is 0 Å². The molecule has 0 spiro atoms. The van der Waals surface area contributed by atoms with E-state index < -0.39 is 0 Å². The van der Waals surface area contributed by atoms with Crippen molar-refractivity contribution in [2.75, 3.05) is 11.9 Å². The average molecular weight is 341 g/mol. The van der Waals surface area contributed by atoms with E-state index in [1.54, 1.807) is 30.0 Å². The van der Waals surface area contributed by atoms with Gasteiger partial charge < -0.3 is 14.7 Å². The highest BCUT2D eigenvalue weighted by Gasteiger charge is 2.33. The van der Waals surface area contributed by atoms with Gasteiger partial charge in [-0.05, 0) is 38.0 Å². The maximum Gasteiger partial charge on any atom is 0.322 e. The Morgan fingerprint density at radius 1 is 1.41 bits per heavy atom. The standard InChI is InChI=1S/C14H14Cl2N4O2/c1-8-17-13(22-19-8)12-3-2-6-20(12)14(21)18-9-4-5-10(15)11(16)7-9/h4-5,7,12H,2-3,6H2,1H3,(H,18,21). The molecule has 1 aliphatic heterocycles. The second kappa shape index (κ2) is 6.14. The fourth-order valence-electron chi connectivity index (χ4n) is 2.48. The number of aryl methyl sites for hydroxylation is 1. The Balaban J connectivity index is 1.74. The van der Waals surface area contributed by atoms with Gasteiger partial charge >= 0.3 is 6.03 Å². The van der Waals surface area contributed by atoms with Crippen LogP contribution in [0.3, 0.4) is 0 Å². The number of anilines is 1. The number of hydrogen-bond acceptors (Lipinski definition) is 4. The summed E-state index contributed by atoms with van der Waals surface area (Å²) < 4.78 is 5.19. The van der Waals surface area contributed by atoms with Gasteiger partial charge in [0.15, 0.2) is 5.82 Å². The van der Waals surface area contributed by atoms with Crippen LogP contribution in [0.2, 0.25) is 10.0 Å². The van der Waals surface area contributed by atoms with E-state index in [0.717, 1.165) is 12.8 Å². The lowest BCUT2D eigenvalue weighted by atomic mass is 10.2. The number of carbonyl (C=O) groups excluding carboxylic acids is 1. The van der Waals surface area contributed by atoms with Crippen LogP contribution in [0.1, 0.15) is 30.6 Å². The van der Waals surface area contributed by atoms with Crippen LogP contribution in [0.25, 0.3) is 0 Å². The fraction of sp³-hybridized carbons (Fsp3) is 0.357. The normalized spacial score (nSPS) is 17.8. The molecule has 1 unspecified atom stereocenters. The number of carbonyl (C=O) groups is 1. The van der Waals surface area contributed by atoms with Crippen molar-refractivity contribution >= 4 is 34.9 Å². The molecule has 1 aromatic heterocycles. The second-order valence-electron chi connectivity index (χ2n) is 5.09. The van der Waals surface area contributed by atoms with Crippen molar-refractivity contribution in [3.05, 3.63) is 40.0 Å². The second-order valence-corrected chi connectivity index (χ2v) is 5.90. The van der Waals surface area contributed by atoms with Gasteiger partial charge in [-0.25, -0.2) is 4.79 Å². The molecule has 6 nitrogen and oxygen atoms in total. The van der Waals surface area contributed by atoms with Crippen molar-refractivity contribution in [1.82, 2.24) is 15.0 Å². The molecular formula is C14H14Cl2N4O2.